The van der Waals surface area contributed by atoms with Crippen LogP contribution in [0, 0.1) is 0 Å². The molecule has 3 atom stereocenters. The van der Waals surface area contributed by atoms with Gasteiger partial charge in [0.25, 0.3) is 0 Å². The Balaban J connectivity index is -0.00000116. The summed E-state index contributed by atoms with van der Waals surface area (Å²) in [5, 5.41) is 59.5. The minimum Gasteiger partial charge on any atom is -0.481 e. The predicted molar refractivity (Wildman–Crippen MR) is 329 cm³/mol. The monoisotopic (exact) mass is 1240 g/mol. The Bertz CT molecular complexity index is 2370. The first-order valence-electron chi connectivity index (χ1n) is 28.9. The number of ether oxygens (including phenoxy) is 6. The third-order valence-electron chi connectivity index (χ3n) is 11.1. The van der Waals surface area contributed by atoms with Crippen LogP contribution in [-0.4, -0.2) is 183 Å². The minimum atomic E-state index is -1.35. The number of hydrogen-bond acceptors (Lipinski definition) is 18. The lowest BCUT2D eigenvalue weighted by atomic mass is 10.1. The van der Waals surface area contributed by atoms with Gasteiger partial charge in [-0.25, -0.2) is 28.8 Å². The van der Waals surface area contributed by atoms with Crippen LogP contribution in [0.3, 0.4) is 0 Å². The van der Waals surface area contributed by atoms with Gasteiger partial charge in [-0.3, -0.25) is 14.4 Å². The van der Waals surface area contributed by atoms with Gasteiger partial charge in [0, 0.05) is 96.9 Å². The second-order valence-electron chi connectivity index (χ2n) is 17.5. The SMILES string of the molecule is CC.CC.CC.CCCN(CCC)c1ccc(OC(=O)N[C@@H](CCC(=O)O)C(=O)O)cc1.CCCN(CCOC)c1ccc(OC(=O)N[C@@H](CCC(=O)O)C(=O)O)cc1.COCCN(CCOC)c1ccc(OC(=O)N[C@@H](CCC(=O)O)C(=O)O)cc1. The number of nitrogens with zero attached hydrogens (tertiary/aromatic N) is 3. The van der Waals surface area contributed by atoms with Gasteiger partial charge in [-0.1, -0.05) is 62.3 Å². The molecule has 3 rings (SSSR count). The fourth-order valence-electron chi connectivity index (χ4n) is 7.11. The van der Waals surface area contributed by atoms with Crippen LogP contribution in [0.1, 0.15) is 120 Å². The van der Waals surface area contributed by atoms with Crippen molar-refractivity contribution in [2.75, 3.05) is 95.1 Å². The van der Waals surface area contributed by atoms with Crippen molar-refractivity contribution in [3.05, 3.63) is 72.8 Å². The molecule has 0 aliphatic rings. The minimum absolute atomic E-state index is 0.221. The summed E-state index contributed by atoms with van der Waals surface area (Å²) < 4.78 is 30.5. The van der Waals surface area contributed by atoms with E-state index in [4.69, 9.17) is 59.1 Å². The van der Waals surface area contributed by atoms with Crippen LogP contribution in [0.5, 0.6) is 17.2 Å². The second kappa shape index (κ2) is 51.9. The number of carboxylic acids is 6. The molecule has 27 nitrogen and oxygen atoms in total. The fraction of sp³-hybridized carbons (Fsp3) is 0.550. The summed E-state index contributed by atoms with van der Waals surface area (Å²) in [6.45, 7) is 24.7. The molecule has 0 aliphatic carbocycles. The van der Waals surface area contributed by atoms with Crippen LogP contribution in [0.15, 0.2) is 72.8 Å². The van der Waals surface area contributed by atoms with Crippen LogP contribution in [0.2, 0.25) is 0 Å². The number of carboxylic acid groups (broad SMARTS) is 6. The van der Waals surface area contributed by atoms with E-state index in [0.717, 1.165) is 62.5 Å². The van der Waals surface area contributed by atoms with Crippen LogP contribution < -0.4 is 44.9 Å². The Kier molecular flexibility index (Phi) is 49.4. The Morgan fingerprint density at radius 2 is 0.575 bits per heavy atom. The zero-order chi connectivity index (χ0) is 66.7. The van der Waals surface area contributed by atoms with E-state index in [0.29, 0.717) is 32.9 Å². The molecule has 27 heteroatoms. The molecule has 0 unspecified atom stereocenters. The molecule has 0 radical (unpaired) electrons. The maximum absolute atomic E-state index is 11.9. The number of benzene rings is 3. The molecule has 3 aromatic carbocycles. The highest BCUT2D eigenvalue weighted by atomic mass is 16.6. The van der Waals surface area contributed by atoms with E-state index < -0.39 is 72.2 Å². The molecule has 0 fully saturated rings. The van der Waals surface area contributed by atoms with Crippen molar-refractivity contribution in [3.8, 4) is 17.2 Å². The third-order valence-corrected chi connectivity index (χ3v) is 11.1. The van der Waals surface area contributed by atoms with E-state index in [1.165, 1.54) is 0 Å². The van der Waals surface area contributed by atoms with Crippen LogP contribution >= 0.6 is 0 Å². The Labute approximate surface area is 511 Å². The topological polar surface area (TPSA) is 376 Å². The molecule has 0 saturated heterocycles. The quantitative estimate of drug-likeness (QED) is 0.0262. The van der Waals surface area contributed by atoms with Gasteiger partial charge in [0.2, 0.25) is 0 Å². The number of carbonyl (C=O) groups is 9. The van der Waals surface area contributed by atoms with Gasteiger partial charge in [0.15, 0.2) is 0 Å². The van der Waals surface area contributed by atoms with E-state index in [9.17, 15) is 43.2 Å². The van der Waals surface area contributed by atoms with E-state index in [2.05, 4.69) is 46.5 Å². The molecular formula is C60H96N6O21. The van der Waals surface area contributed by atoms with Crippen molar-refractivity contribution >= 4 is 71.2 Å². The molecule has 87 heavy (non-hydrogen) atoms. The highest BCUT2D eigenvalue weighted by Crippen LogP contribution is 2.23. The van der Waals surface area contributed by atoms with Gasteiger partial charge >= 0.3 is 54.1 Å². The maximum atomic E-state index is 11.9. The van der Waals surface area contributed by atoms with Crippen molar-refractivity contribution < 1.29 is 102 Å². The molecule has 0 aliphatic heterocycles. The van der Waals surface area contributed by atoms with Gasteiger partial charge in [-0.2, -0.15) is 0 Å². The summed E-state index contributed by atoms with van der Waals surface area (Å²) in [6, 6.07) is 16.4. The number of hydrogen-bond donors (Lipinski definition) is 9. The average Bonchev–Trinajstić information content (AvgIpc) is 3.28. The maximum Gasteiger partial charge on any atom is 0.413 e. The van der Waals surface area contributed by atoms with E-state index in [1.807, 2.05) is 58.6 Å². The largest absolute Gasteiger partial charge is 0.481 e. The second-order valence-corrected chi connectivity index (χ2v) is 17.5. The van der Waals surface area contributed by atoms with Crippen molar-refractivity contribution in [1.82, 2.24) is 16.0 Å². The molecule has 9 N–H and O–H groups in total. The van der Waals surface area contributed by atoms with Crippen molar-refractivity contribution in [1.29, 1.82) is 0 Å². The van der Waals surface area contributed by atoms with Crippen LogP contribution in [-0.2, 0) is 43.0 Å². The van der Waals surface area contributed by atoms with Crippen molar-refractivity contribution in [2.45, 2.75) is 138 Å². The average molecular weight is 1240 g/mol. The zero-order valence-electron chi connectivity index (χ0n) is 52.5. The first-order valence-corrected chi connectivity index (χ1v) is 28.9. The lowest BCUT2D eigenvalue weighted by Gasteiger charge is -2.24. The highest BCUT2D eigenvalue weighted by molar-refractivity contribution is 5.83. The Hall–Kier alpha value is -8.43. The number of methoxy groups -OCH3 is 3. The Morgan fingerprint density at radius 3 is 0.759 bits per heavy atom. The lowest BCUT2D eigenvalue weighted by molar-refractivity contribution is -0.142. The van der Waals surface area contributed by atoms with E-state index in [-0.39, 0.29) is 55.8 Å². The molecular weight excluding hydrogens is 1140 g/mol. The van der Waals surface area contributed by atoms with Gasteiger partial charge in [-0.15, -0.1) is 0 Å². The van der Waals surface area contributed by atoms with Gasteiger partial charge in [-0.05, 0) is 111 Å². The molecule has 0 heterocycles. The first-order chi connectivity index (χ1) is 41.6. The van der Waals surface area contributed by atoms with Gasteiger partial charge in [0.05, 0.1) is 19.8 Å². The molecule has 3 amide bonds. The van der Waals surface area contributed by atoms with E-state index >= 15 is 0 Å². The summed E-state index contributed by atoms with van der Waals surface area (Å²) in [7, 11) is 4.87. The summed E-state index contributed by atoms with van der Waals surface area (Å²) >= 11 is 0. The molecule has 3 aromatic rings. The Morgan fingerprint density at radius 1 is 0.368 bits per heavy atom. The predicted octanol–water partition coefficient (Wildman–Crippen LogP) is 8.95. The van der Waals surface area contributed by atoms with Crippen LogP contribution in [0.25, 0.3) is 0 Å². The lowest BCUT2D eigenvalue weighted by Crippen LogP contribution is -2.42. The smallest absolute Gasteiger partial charge is 0.413 e. The molecule has 0 bridgehead atoms. The summed E-state index contributed by atoms with van der Waals surface area (Å²) in [5.41, 5.74) is 2.85. The van der Waals surface area contributed by atoms with Crippen LogP contribution in [0.4, 0.5) is 31.4 Å². The summed E-state index contributed by atoms with van der Waals surface area (Å²) in [6.07, 6.45) is -1.67. The molecule has 0 aromatic heterocycles. The number of rotatable bonds is 36. The van der Waals surface area contributed by atoms with Crippen molar-refractivity contribution in [3.63, 3.8) is 0 Å². The van der Waals surface area contributed by atoms with Crippen molar-refractivity contribution in [2.24, 2.45) is 0 Å². The number of nitrogens with one attached hydrogen (secondary N) is 3. The third kappa shape index (κ3) is 39.7. The first kappa shape index (κ1) is 82.8. The van der Waals surface area contributed by atoms with Gasteiger partial charge in [0.1, 0.15) is 35.4 Å². The fourth-order valence-corrected chi connectivity index (χ4v) is 7.11. The number of carbonyl (C=O) groups excluding carboxylic acids is 3. The number of anilines is 3. The molecule has 492 valence electrons. The van der Waals surface area contributed by atoms with Gasteiger partial charge < -0.3 is 89.7 Å². The normalized spacial score (nSPS) is 10.9. The zero-order valence-corrected chi connectivity index (χ0v) is 52.5. The van der Waals surface area contributed by atoms with E-state index in [1.54, 1.807) is 82.0 Å². The summed E-state index contributed by atoms with van der Waals surface area (Å²) in [4.78, 5) is 107. The highest BCUT2D eigenvalue weighted by Gasteiger charge is 2.25. The summed E-state index contributed by atoms with van der Waals surface area (Å²) in [5.74, 6) is -6.64. The standard InChI is InChI=1S/C18H26N2O8.C18H26N2O7.C18H26N2O6.3C2H6/c1-26-11-9-20(10-12-27-2)13-3-5-14(6-4-13)28-18(25)19-15(17(23)24)7-8-16(21)22;1-3-10-20(11-12-26-2)13-4-6-14(7-5-13)27-18(25)19-15(17(23)24)8-9-16(21)22;1-3-11-20(12-4-2)13-5-7-14(8-6-13)26-18(25)19-15(17(23)24)9-10-16(21)22;3*1-2/h3-6,15H,7-12H2,1-2H3,(H,19,25)(H,21,22)(H,23,24);4-7,15H,3,8-12H2,1-2H3,(H,19,25)(H,21,22)(H,23,24);5-8,15H,3-4,9-12H2,1-2H3,(H,19,25)(H,21,22)(H,23,24);3*1-2H3/t3*15-;;;/m000.../s1. The molecule has 0 spiro atoms. The number of amides is 3. The molecule has 0 saturated carbocycles. The number of aliphatic carboxylic acids is 6.